The number of esters is 1. The summed E-state index contributed by atoms with van der Waals surface area (Å²) in [5.74, 6) is -2.06. The maximum absolute atomic E-state index is 12.4. The molecule has 3 N–H and O–H groups in total. The van der Waals surface area contributed by atoms with Gasteiger partial charge < -0.3 is 20.7 Å². The Morgan fingerprint density at radius 1 is 0.935 bits per heavy atom. The summed E-state index contributed by atoms with van der Waals surface area (Å²) in [6.07, 6.45) is 0.138. The van der Waals surface area contributed by atoms with Crippen molar-refractivity contribution in [3.8, 4) is 0 Å². The highest BCUT2D eigenvalue weighted by atomic mass is 16.5. The van der Waals surface area contributed by atoms with Crippen LogP contribution in [-0.2, 0) is 25.5 Å². The van der Waals surface area contributed by atoms with E-state index in [0.717, 1.165) is 5.56 Å². The minimum Gasteiger partial charge on any atom is -0.454 e. The zero-order valence-electron chi connectivity index (χ0n) is 17.8. The average molecular weight is 425 g/mol. The lowest BCUT2D eigenvalue weighted by Crippen LogP contribution is -2.46. The van der Waals surface area contributed by atoms with E-state index >= 15 is 0 Å². The number of ether oxygens (including phenoxy) is 1. The largest absolute Gasteiger partial charge is 0.454 e. The van der Waals surface area contributed by atoms with Crippen LogP contribution in [0.3, 0.4) is 0 Å². The second kappa shape index (κ2) is 11.5. The van der Waals surface area contributed by atoms with Gasteiger partial charge >= 0.3 is 5.97 Å². The van der Waals surface area contributed by atoms with E-state index in [0.29, 0.717) is 11.3 Å². The lowest BCUT2D eigenvalue weighted by molar-refractivity contribution is -0.151. The van der Waals surface area contributed by atoms with Gasteiger partial charge in [-0.3, -0.25) is 14.4 Å². The summed E-state index contributed by atoms with van der Waals surface area (Å²) < 4.78 is 5.10. The zero-order valence-corrected chi connectivity index (χ0v) is 17.8. The van der Waals surface area contributed by atoms with Gasteiger partial charge in [-0.25, -0.2) is 4.79 Å². The first-order valence-electron chi connectivity index (χ1n) is 9.92. The van der Waals surface area contributed by atoms with Gasteiger partial charge in [-0.15, -0.1) is 0 Å². The summed E-state index contributed by atoms with van der Waals surface area (Å²) in [6.45, 7) is 3.04. The molecule has 8 nitrogen and oxygen atoms in total. The van der Waals surface area contributed by atoms with E-state index in [1.54, 1.807) is 32.0 Å². The number of rotatable bonds is 9. The van der Waals surface area contributed by atoms with E-state index in [4.69, 9.17) is 4.74 Å². The summed E-state index contributed by atoms with van der Waals surface area (Å²) in [6, 6.07) is 14.7. The molecule has 0 aromatic heterocycles. The summed E-state index contributed by atoms with van der Waals surface area (Å²) in [7, 11) is 1.51. The average Bonchev–Trinajstić information content (AvgIpc) is 2.76. The molecule has 2 aromatic rings. The van der Waals surface area contributed by atoms with Crippen molar-refractivity contribution in [1.82, 2.24) is 10.6 Å². The number of hydrogen-bond acceptors (Lipinski definition) is 5. The van der Waals surface area contributed by atoms with Crippen molar-refractivity contribution in [2.24, 2.45) is 5.92 Å². The summed E-state index contributed by atoms with van der Waals surface area (Å²) >= 11 is 0. The maximum atomic E-state index is 12.4. The van der Waals surface area contributed by atoms with Crippen LogP contribution in [0.5, 0.6) is 0 Å². The molecule has 0 saturated carbocycles. The molecule has 3 amide bonds. The van der Waals surface area contributed by atoms with Gasteiger partial charge in [0.15, 0.2) is 6.61 Å². The highest BCUT2D eigenvalue weighted by Crippen LogP contribution is 2.11. The molecule has 0 spiro atoms. The first-order valence-corrected chi connectivity index (χ1v) is 9.92. The molecule has 31 heavy (non-hydrogen) atoms. The van der Waals surface area contributed by atoms with E-state index in [1.165, 1.54) is 13.1 Å². The van der Waals surface area contributed by atoms with Gasteiger partial charge in [-0.1, -0.05) is 50.2 Å². The maximum Gasteiger partial charge on any atom is 0.329 e. The highest BCUT2D eigenvalue weighted by Gasteiger charge is 2.26. The zero-order chi connectivity index (χ0) is 22.8. The number of carbonyl (C=O) groups excluding carboxylic acids is 4. The molecule has 0 fully saturated rings. The quantitative estimate of drug-likeness (QED) is 0.531. The number of hydrogen-bond donors (Lipinski definition) is 3. The molecule has 0 heterocycles. The van der Waals surface area contributed by atoms with Crippen molar-refractivity contribution in [2.75, 3.05) is 19.0 Å². The van der Waals surface area contributed by atoms with E-state index in [1.807, 2.05) is 30.3 Å². The molecular weight excluding hydrogens is 398 g/mol. The topological polar surface area (TPSA) is 114 Å². The van der Waals surface area contributed by atoms with E-state index in [2.05, 4.69) is 16.0 Å². The molecule has 2 rings (SSSR count). The van der Waals surface area contributed by atoms with Crippen molar-refractivity contribution >= 4 is 29.4 Å². The minimum absolute atomic E-state index is 0.138. The lowest BCUT2D eigenvalue weighted by atomic mass is 10.0. The third-order valence-corrected chi connectivity index (χ3v) is 4.43. The third-order valence-electron chi connectivity index (χ3n) is 4.43. The molecule has 0 radical (unpaired) electrons. The van der Waals surface area contributed by atoms with Crippen LogP contribution in [0.25, 0.3) is 0 Å². The first kappa shape index (κ1) is 23.6. The van der Waals surface area contributed by atoms with Gasteiger partial charge in [-0.2, -0.15) is 0 Å². The predicted octanol–water partition coefficient (Wildman–Crippen LogP) is 1.91. The van der Waals surface area contributed by atoms with Crippen molar-refractivity contribution in [2.45, 2.75) is 26.3 Å². The van der Waals surface area contributed by atoms with Crippen LogP contribution >= 0.6 is 0 Å². The highest BCUT2D eigenvalue weighted by molar-refractivity contribution is 5.97. The fourth-order valence-electron chi connectivity index (χ4n) is 2.81. The molecule has 0 aliphatic carbocycles. The normalized spacial score (nSPS) is 11.4. The summed E-state index contributed by atoms with van der Waals surface area (Å²) in [5, 5.41) is 7.75. The van der Waals surface area contributed by atoms with Crippen molar-refractivity contribution < 1.29 is 23.9 Å². The van der Waals surface area contributed by atoms with Gasteiger partial charge in [0.05, 0.1) is 6.42 Å². The SMILES string of the molecule is CNC(=O)c1cccc(NC(=O)COC(=O)[C@@H](NC(=O)Cc2ccccc2)C(C)C)c1. The molecule has 0 saturated heterocycles. The number of carbonyl (C=O) groups is 4. The van der Waals surface area contributed by atoms with Gasteiger partial charge in [0.25, 0.3) is 11.8 Å². The van der Waals surface area contributed by atoms with Crippen molar-refractivity contribution in [3.05, 3.63) is 65.7 Å². The van der Waals surface area contributed by atoms with E-state index < -0.39 is 24.5 Å². The third kappa shape index (κ3) is 7.58. The molecule has 8 heteroatoms. The molecule has 0 aliphatic rings. The number of benzene rings is 2. The Hall–Kier alpha value is -3.68. The lowest BCUT2D eigenvalue weighted by Gasteiger charge is -2.20. The van der Waals surface area contributed by atoms with Crippen LogP contribution in [0, 0.1) is 5.92 Å². The molecule has 164 valence electrons. The van der Waals surface area contributed by atoms with Crippen molar-refractivity contribution in [1.29, 1.82) is 0 Å². The van der Waals surface area contributed by atoms with Crippen molar-refractivity contribution in [3.63, 3.8) is 0 Å². The van der Waals surface area contributed by atoms with Gasteiger partial charge in [0, 0.05) is 18.3 Å². The van der Waals surface area contributed by atoms with Crippen LogP contribution in [0.2, 0.25) is 0 Å². The molecule has 0 bridgehead atoms. The fourth-order valence-corrected chi connectivity index (χ4v) is 2.81. The molecule has 0 unspecified atom stereocenters. The fraction of sp³-hybridized carbons (Fsp3) is 0.304. The van der Waals surface area contributed by atoms with E-state index in [9.17, 15) is 19.2 Å². The van der Waals surface area contributed by atoms with Crippen LogP contribution in [0.15, 0.2) is 54.6 Å². The Balaban J connectivity index is 1.88. The van der Waals surface area contributed by atoms with E-state index in [-0.39, 0.29) is 24.2 Å². The predicted molar refractivity (Wildman–Crippen MR) is 116 cm³/mol. The van der Waals surface area contributed by atoms with Gasteiger partial charge in [-0.05, 0) is 29.7 Å². The van der Waals surface area contributed by atoms with Gasteiger partial charge in [0.1, 0.15) is 6.04 Å². The number of anilines is 1. The van der Waals surface area contributed by atoms with Crippen LogP contribution in [0.4, 0.5) is 5.69 Å². The Labute approximate surface area is 181 Å². The number of nitrogens with one attached hydrogen (secondary N) is 3. The summed E-state index contributed by atoms with van der Waals surface area (Å²) in [4.78, 5) is 48.6. The van der Waals surface area contributed by atoms with Crippen LogP contribution in [0.1, 0.15) is 29.8 Å². The molecule has 2 aromatic carbocycles. The second-order valence-electron chi connectivity index (χ2n) is 7.27. The molecular formula is C23H27N3O5. The van der Waals surface area contributed by atoms with Crippen LogP contribution in [-0.4, -0.2) is 43.4 Å². The Morgan fingerprint density at radius 2 is 1.65 bits per heavy atom. The summed E-state index contributed by atoms with van der Waals surface area (Å²) in [5.41, 5.74) is 1.62. The number of amides is 3. The van der Waals surface area contributed by atoms with Gasteiger partial charge in [0.2, 0.25) is 5.91 Å². The second-order valence-corrected chi connectivity index (χ2v) is 7.27. The standard InChI is InChI=1S/C23H27N3O5/c1-15(2)21(26-19(27)12-16-8-5-4-6-9-16)23(30)31-14-20(28)25-18-11-7-10-17(13-18)22(29)24-3/h4-11,13,15,21H,12,14H2,1-3H3,(H,24,29)(H,25,28)(H,26,27)/t21-/m0/s1. The first-order chi connectivity index (χ1) is 14.8. The Morgan fingerprint density at radius 3 is 2.29 bits per heavy atom. The van der Waals surface area contributed by atoms with Crippen LogP contribution < -0.4 is 16.0 Å². The molecule has 0 aliphatic heterocycles. The minimum atomic E-state index is -0.874. The monoisotopic (exact) mass is 425 g/mol. The smallest absolute Gasteiger partial charge is 0.329 e. The molecule has 1 atom stereocenters. The Kier molecular flexibility index (Phi) is 8.75. The Bertz CT molecular complexity index is 928.